The van der Waals surface area contributed by atoms with Crippen molar-refractivity contribution < 1.29 is 9.52 Å². The number of hydrogen-bond donors (Lipinski definition) is 2. The Balaban J connectivity index is 1.94. The lowest BCUT2D eigenvalue weighted by molar-refractivity contribution is 0.204. The van der Waals surface area contributed by atoms with E-state index in [1.54, 1.807) is 0 Å². The molecule has 7 nitrogen and oxygen atoms in total. The summed E-state index contributed by atoms with van der Waals surface area (Å²) < 4.78 is 5.76. The van der Waals surface area contributed by atoms with Crippen LogP contribution in [0.1, 0.15) is 32.2 Å². The SMILES string of the molecule is CCNC(C)c1nnc(N2CCCN(CCO)CC2)o1. The quantitative estimate of drug-likeness (QED) is 0.774. The van der Waals surface area contributed by atoms with Crippen LogP contribution in [0.25, 0.3) is 0 Å². The monoisotopic (exact) mass is 283 g/mol. The van der Waals surface area contributed by atoms with Crippen molar-refractivity contribution in [2.45, 2.75) is 26.3 Å². The van der Waals surface area contributed by atoms with Crippen molar-refractivity contribution in [2.24, 2.45) is 0 Å². The first-order chi connectivity index (χ1) is 9.74. The molecule has 7 heteroatoms. The molecule has 1 aromatic heterocycles. The van der Waals surface area contributed by atoms with Gasteiger partial charge in [0, 0.05) is 26.2 Å². The van der Waals surface area contributed by atoms with E-state index in [9.17, 15) is 0 Å². The molecular weight excluding hydrogens is 258 g/mol. The molecule has 1 unspecified atom stereocenters. The van der Waals surface area contributed by atoms with Gasteiger partial charge in [0.1, 0.15) is 0 Å². The van der Waals surface area contributed by atoms with E-state index >= 15 is 0 Å². The summed E-state index contributed by atoms with van der Waals surface area (Å²) in [6, 6.07) is 0.690. The van der Waals surface area contributed by atoms with Gasteiger partial charge in [-0.05, 0) is 26.4 Å². The highest BCUT2D eigenvalue weighted by molar-refractivity contribution is 5.24. The Morgan fingerprint density at radius 2 is 2.15 bits per heavy atom. The van der Waals surface area contributed by atoms with E-state index in [-0.39, 0.29) is 12.6 Å². The largest absolute Gasteiger partial charge is 0.406 e. The van der Waals surface area contributed by atoms with Crippen molar-refractivity contribution in [3.63, 3.8) is 0 Å². The molecular formula is C13H25N5O2. The summed E-state index contributed by atoms with van der Waals surface area (Å²) in [5.41, 5.74) is 0. The van der Waals surface area contributed by atoms with Crippen molar-refractivity contribution in [2.75, 3.05) is 50.8 Å². The zero-order valence-electron chi connectivity index (χ0n) is 12.4. The Bertz CT molecular complexity index is 398. The molecule has 0 aromatic carbocycles. The highest BCUT2D eigenvalue weighted by atomic mass is 16.4. The van der Waals surface area contributed by atoms with Crippen molar-refractivity contribution in [1.29, 1.82) is 0 Å². The normalized spacial score (nSPS) is 19.1. The molecule has 2 heterocycles. The fraction of sp³-hybridized carbons (Fsp3) is 0.846. The molecule has 0 radical (unpaired) electrons. The third kappa shape index (κ3) is 3.91. The van der Waals surface area contributed by atoms with Gasteiger partial charge in [0.15, 0.2) is 0 Å². The van der Waals surface area contributed by atoms with Gasteiger partial charge in [-0.15, -0.1) is 5.10 Å². The molecule has 0 aliphatic carbocycles. The Morgan fingerprint density at radius 3 is 2.90 bits per heavy atom. The number of rotatable bonds is 6. The maximum Gasteiger partial charge on any atom is 0.318 e. The second-order valence-electron chi connectivity index (χ2n) is 5.11. The summed E-state index contributed by atoms with van der Waals surface area (Å²) in [4.78, 5) is 4.39. The summed E-state index contributed by atoms with van der Waals surface area (Å²) in [6.07, 6.45) is 1.04. The average molecular weight is 283 g/mol. The van der Waals surface area contributed by atoms with Crippen molar-refractivity contribution in [3.05, 3.63) is 5.89 Å². The molecule has 2 rings (SSSR count). The van der Waals surface area contributed by atoms with Crippen LogP contribution in [-0.4, -0.2) is 66.1 Å². The first-order valence-electron chi connectivity index (χ1n) is 7.39. The van der Waals surface area contributed by atoms with Crippen LogP contribution in [0, 0.1) is 0 Å². The molecule has 0 spiro atoms. The highest BCUT2D eigenvalue weighted by Crippen LogP contribution is 2.18. The topological polar surface area (TPSA) is 77.7 Å². The minimum Gasteiger partial charge on any atom is -0.406 e. The van der Waals surface area contributed by atoms with E-state index in [1.165, 1.54) is 0 Å². The zero-order chi connectivity index (χ0) is 14.4. The molecule has 1 aliphatic heterocycles. The van der Waals surface area contributed by atoms with E-state index < -0.39 is 0 Å². The number of aliphatic hydroxyl groups is 1. The maximum atomic E-state index is 9.01. The number of nitrogens with one attached hydrogen (secondary N) is 1. The van der Waals surface area contributed by atoms with Crippen LogP contribution in [0.15, 0.2) is 4.42 Å². The summed E-state index contributed by atoms with van der Waals surface area (Å²) in [5, 5.41) is 20.5. The molecule has 1 fully saturated rings. The Kier molecular flexibility index (Phi) is 5.75. The Morgan fingerprint density at radius 1 is 1.30 bits per heavy atom. The van der Waals surface area contributed by atoms with Crippen LogP contribution in [0.3, 0.4) is 0 Å². The number of hydrogen-bond acceptors (Lipinski definition) is 7. The molecule has 2 N–H and O–H groups in total. The summed E-state index contributed by atoms with van der Waals surface area (Å²) >= 11 is 0. The number of nitrogens with zero attached hydrogens (tertiary/aromatic N) is 4. The van der Waals surface area contributed by atoms with Gasteiger partial charge in [-0.1, -0.05) is 12.0 Å². The maximum absolute atomic E-state index is 9.01. The fourth-order valence-corrected chi connectivity index (χ4v) is 2.45. The summed E-state index contributed by atoms with van der Waals surface area (Å²) in [7, 11) is 0. The van der Waals surface area contributed by atoms with Crippen molar-refractivity contribution in [1.82, 2.24) is 20.4 Å². The molecule has 0 saturated carbocycles. The third-order valence-corrected chi connectivity index (χ3v) is 3.59. The molecule has 1 atom stereocenters. The smallest absolute Gasteiger partial charge is 0.318 e. The molecule has 20 heavy (non-hydrogen) atoms. The van der Waals surface area contributed by atoms with Crippen LogP contribution in [0.2, 0.25) is 0 Å². The van der Waals surface area contributed by atoms with Gasteiger partial charge in [0.05, 0.1) is 12.6 Å². The standard InChI is InChI=1S/C13H25N5O2/c1-3-14-11(2)12-15-16-13(20-12)18-6-4-5-17(7-8-18)9-10-19/h11,14,19H,3-10H2,1-2H3. The molecule has 1 aromatic rings. The predicted molar refractivity (Wildman–Crippen MR) is 76.7 cm³/mol. The van der Waals surface area contributed by atoms with Crippen molar-refractivity contribution in [3.8, 4) is 0 Å². The fourth-order valence-electron chi connectivity index (χ4n) is 2.45. The molecule has 0 amide bonds. The summed E-state index contributed by atoms with van der Waals surface area (Å²) in [6.45, 7) is 9.60. The minimum atomic E-state index is 0.0825. The van der Waals surface area contributed by atoms with Crippen molar-refractivity contribution >= 4 is 6.01 Å². The van der Waals surface area contributed by atoms with Gasteiger partial charge in [0.2, 0.25) is 5.89 Å². The van der Waals surface area contributed by atoms with E-state index in [4.69, 9.17) is 9.52 Å². The Hall–Kier alpha value is -1.18. The van der Waals surface area contributed by atoms with Crippen LogP contribution >= 0.6 is 0 Å². The van der Waals surface area contributed by atoms with Gasteiger partial charge >= 0.3 is 6.01 Å². The lowest BCUT2D eigenvalue weighted by Crippen LogP contribution is -2.32. The van der Waals surface area contributed by atoms with Crippen LogP contribution in [-0.2, 0) is 0 Å². The first kappa shape index (κ1) is 15.2. The van der Waals surface area contributed by atoms with E-state index in [1.807, 2.05) is 6.92 Å². The van der Waals surface area contributed by atoms with Crippen LogP contribution in [0.4, 0.5) is 6.01 Å². The Labute approximate surface area is 120 Å². The second kappa shape index (κ2) is 7.56. The summed E-state index contributed by atoms with van der Waals surface area (Å²) in [5.74, 6) is 0.637. The molecule has 114 valence electrons. The minimum absolute atomic E-state index is 0.0825. The predicted octanol–water partition coefficient (Wildman–Crippen LogP) is 0.245. The van der Waals surface area contributed by atoms with E-state index in [0.717, 1.165) is 45.7 Å². The van der Waals surface area contributed by atoms with Gasteiger partial charge in [-0.3, -0.25) is 4.90 Å². The van der Waals surface area contributed by atoms with Gasteiger partial charge in [0.25, 0.3) is 0 Å². The number of aromatic nitrogens is 2. The third-order valence-electron chi connectivity index (χ3n) is 3.59. The molecule has 0 bridgehead atoms. The van der Waals surface area contributed by atoms with Gasteiger partial charge in [-0.25, -0.2) is 0 Å². The van der Waals surface area contributed by atoms with Gasteiger partial charge < -0.3 is 19.7 Å². The lowest BCUT2D eigenvalue weighted by Gasteiger charge is -2.19. The highest BCUT2D eigenvalue weighted by Gasteiger charge is 2.20. The van der Waals surface area contributed by atoms with E-state index in [0.29, 0.717) is 11.9 Å². The van der Waals surface area contributed by atoms with E-state index in [2.05, 4.69) is 32.2 Å². The average Bonchev–Trinajstić information content (AvgIpc) is 2.81. The molecule has 1 aliphatic rings. The number of β-amino-alcohol motifs (C(OH)–C–C–N with tert-alkyl or cyclic N) is 1. The zero-order valence-corrected chi connectivity index (χ0v) is 12.4. The molecule has 1 saturated heterocycles. The first-order valence-corrected chi connectivity index (χ1v) is 7.39. The number of anilines is 1. The van der Waals surface area contributed by atoms with Crippen LogP contribution in [0.5, 0.6) is 0 Å². The number of aliphatic hydroxyl groups excluding tert-OH is 1. The second-order valence-corrected chi connectivity index (χ2v) is 5.11. The lowest BCUT2D eigenvalue weighted by atomic mass is 10.3. The van der Waals surface area contributed by atoms with Gasteiger partial charge in [-0.2, -0.15) is 0 Å². The van der Waals surface area contributed by atoms with Crippen LogP contribution < -0.4 is 10.2 Å².